The van der Waals surface area contributed by atoms with Crippen LogP contribution in [0.2, 0.25) is 0 Å². The molecule has 0 spiro atoms. The molecule has 4 heteroatoms. The van der Waals surface area contributed by atoms with Gasteiger partial charge in [0.2, 0.25) is 5.91 Å². The second-order valence-corrected chi connectivity index (χ2v) is 5.55. The van der Waals surface area contributed by atoms with Gasteiger partial charge in [-0.25, -0.2) is 0 Å². The number of amides is 1. The molecule has 0 unspecified atom stereocenters. The molecule has 0 radical (unpaired) electrons. The summed E-state index contributed by atoms with van der Waals surface area (Å²) in [7, 11) is 1.94. The molecular weight excluding hydrogens is 288 g/mol. The van der Waals surface area contributed by atoms with Gasteiger partial charge in [0, 0.05) is 18.7 Å². The minimum absolute atomic E-state index is 0.0517. The lowest BCUT2D eigenvalue weighted by molar-refractivity contribution is -0.122. The maximum atomic E-state index is 11.8. The highest BCUT2D eigenvalue weighted by Gasteiger charge is 2.10. The van der Waals surface area contributed by atoms with Crippen molar-refractivity contribution in [3.63, 3.8) is 0 Å². The molecule has 0 saturated carbocycles. The van der Waals surface area contributed by atoms with E-state index in [1.165, 1.54) is 0 Å². The van der Waals surface area contributed by atoms with Crippen LogP contribution in [0.4, 0.5) is 0 Å². The maximum Gasteiger partial charge on any atom is 0.234 e. The number of benzene rings is 2. The maximum absolute atomic E-state index is 11.8. The van der Waals surface area contributed by atoms with Gasteiger partial charge in [-0.3, -0.25) is 9.69 Å². The monoisotopic (exact) mass is 312 g/mol. The van der Waals surface area contributed by atoms with Crippen molar-refractivity contribution >= 4 is 5.91 Å². The van der Waals surface area contributed by atoms with Crippen molar-refractivity contribution in [2.45, 2.75) is 19.9 Å². The first-order chi connectivity index (χ1) is 11.2. The smallest absolute Gasteiger partial charge is 0.234 e. The van der Waals surface area contributed by atoms with E-state index in [-0.39, 0.29) is 5.91 Å². The van der Waals surface area contributed by atoms with Crippen LogP contribution in [-0.4, -0.2) is 30.9 Å². The number of ether oxygens (including phenoxy) is 1. The molecule has 0 saturated heterocycles. The van der Waals surface area contributed by atoms with Gasteiger partial charge in [0.15, 0.2) is 0 Å². The summed E-state index contributed by atoms with van der Waals surface area (Å²) in [5.74, 6) is 1.68. The highest BCUT2D eigenvalue weighted by Crippen LogP contribution is 2.25. The van der Waals surface area contributed by atoms with Crippen LogP contribution in [0.25, 0.3) is 0 Å². The Morgan fingerprint density at radius 3 is 2.52 bits per heavy atom. The topological polar surface area (TPSA) is 41.6 Å². The summed E-state index contributed by atoms with van der Waals surface area (Å²) in [6.07, 6.45) is 0.948. The molecule has 1 N–H and O–H groups in total. The Hall–Kier alpha value is -2.33. The molecule has 0 aliphatic heterocycles. The summed E-state index contributed by atoms with van der Waals surface area (Å²) in [5, 5.41) is 2.89. The van der Waals surface area contributed by atoms with Crippen molar-refractivity contribution in [3.8, 4) is 11.5 Å². The Kier molecular flexibility index (Phi) is 6.63. The number of likely N-dealkylation sites (N-methyl/N-ethyl adjacent to an activating group) is 1. The molecule has 0 atom stereocenters. The Bertz CT molecular complexity index is 614. The second-order valence-electron chi connectivity index (χ2n) is 5.55. The fourth-order valence-corrected chi connectivity index (χ4v) is 2.26. The molecule has 23 heavy (non-hydrogen) atoms. The molecule has 0 aliphatic carbocycles. The average molecular weight is 312 g/mol. The largest absolute Gasteiger partial charge is 0.457 e. The highest BCUT2D eigenvalue weighted by molar-refractivity contribution is 5.77. The van der Waals surface area contributed by atoms with Crippen molar-refractivity contribution in [3.05, 3.63) is 60.2 Å². The molecule has 0 heterocycles. The highest BCUT2D eigenvalue weighted by atomic mass is 16.5. The first-order valence-electron chi connectivity index (χ1n) is 7.95. The molecule has 1 amide bonds. The molecule has 2 rings (SSSR count). The summed E-state index contributed by atoms with van der Waals surface area (Å²) in [5.41, 5.74) is 1.06. The third kappa shape index (κ3) is 5.75. The van der Waals surface area contributed by atoms with E-state index in [0.717, 1.165) is 30.0 Å². The van der Waals surface area contributed by atoms with Crippen LogP contribution in [0.5, 0.6) is 11.5 Å². The van der Waals surface area contributed by atoms with Gasteiger partial charge in [0.25, 0.3) is 0 Å². The molecule has 0 bridgehead atoms. The predicted molar refractivity (Wildman–Crippen MR) is 92.6 cm³/mol. The normalized spacial score (nSPS) is 10.6. The number of hydrogen-bond acceptors (Lipinski definition) is 3. The zero-order chi connectivity index (χ0) is 16.5. The van der Waals surface area contributed by atoms with Gasteiger partial charge in [-0.2, -0.15) is 0 Å². The van der Waals surface area contributed by atoms with Gasteiger partial charge in [-0.1, -0.05) is 43.3 Å². The van der Waals surface area contributed by atoms with E-state index in [2.05, 4.69) is 5.32 Å². The second kappa shape index (κ2) is 8.96. The number of carbonyl (C=O) groups excluding carboxylic acids is 1. The average Bonchev–Trinajstić information content (AvgIpc) is 2.55. The lowest BCUT2D eigenvalue weighted by atomic mass is 10.2. The number of nitrogens with zero attached hydrogens (tertiary/aromatic N) is 1. The van der Waals surface area contributed by atoms with Crippen LogP contribution in [0.15, 0.2) is 54.6 Å². The van der Waals surface area contributed by atoms with E-state index in [4.69, 9.17) is 4.74 Å². The minimum Gasteiger partial charge on any atom is -0.457 e. The van der Waals surface area contributed by atoms with Gasteiger partial charge in [-0.05, 0) is 31.7 Å². The standard InChI is InChI=1S/C19H24N2O2/c1-3-13-20-19(22)15-21(2)14-16-9-7-8-12-18(16)23-17-10-5-4-6-11-17/h4-12H,3,13-15H2,1-2H3,(H,20,22). The Labute approximate surface area is 138 Å². The van der Waals surface area contributed by atoms with Crippen molar-refractivity contribution in [1.29, 1.82) is 0 Å². The number of rotatable bonds is 8. The molecule has 4 nitrogen and oxygen atoms in total. The molecule has 122 valence electrons. The predicted octanol–water partition coefficient (Wildman–Crippen LogP) is 3.44. The first-order valence-corrected chi connectivity index (χ1v) is 7.95. The van der Waals surface area contributed by atoms with Gasteiger partial charge in [-0.15, -0.1) is 0 Å². The van der Waals surface area contributed by atoms with Crippen molar-refractivity contribution in [2.24, 2.45) is 0 Å². The van der Waals surface area contributed by atoms with Gasteiger partial charge in [0.05, 0.1) is 6.54 Å². The molecular formula is C19H24N2O2. The summed E-state index contributed by atoms with van der Waals surface area (Å²) in [6, 6.07) is 17.6. The SMILES string of the molecule is CCCNC(=O)CN(C)Cc1ccccc1Oc1ccccc1. The molecule has 0 aromatic heterocycles. The van der Waals surface area contributed by atoms with E-state index < -0.39 is 0 Å². The van der Waals surface area contributed by atoms with Crippen molar-refractivity contribution in [2.75, 3.05) is 20.1 Å². The Morgan fingerprint density at radius 1 is 1.09 bits per heavy atom. The van der Waals surface area contributed by atoms with E-state index in [0.29, 0.717) is 13.1 Å². The number of nitrogens with one attached hydrogen (secondary N) is 1. The number of hydrogen-bond donors (Lipinski definition) is 1. The molecule has 2 aromatic carbocycles. The molecule has 2 aromatic rings. The van der Waals surface area contributed by atoms with Crippen LogP contribution in [-0.2, 0) is 11.3 Å². The third-order valence-electron chi connectivity index (χ3n) is 3.37. The van der Waals surface area contributed by atoms with Crippen LogP contribution >= 0.6 is 0 Å². The van der Waals surface area contributed by atoms with Crippen LogP contribution in [0.1, 0.15) is 18.9 Å². The fraction of sp³-hybridized carbons (Fsp3) is 0.316. The van der Waals surface area contributed by atoms with Crippen LogP contribution in [0.3, 0.4) is 0 Å². The van der Waals surface area contributed by atoms with Crippen LogP contribution in [0, 0.1) is 0 Å². The van der Waals surface area contributed by atoms with E-state index in [1.54, 1.807) is 0 Å². The summed E-state index contributed by atoms with van der Waals surface area (Å²) in [6.45, 7) is 3.80. The van der Waals surface area contributed by atoms with Crippen molar-refractivity contribution in [1.82, 2.24) is 10.2 Å². The van der Waals surface area contributed by atoms with E-state index >= 15 is 0 Å². The first kappa shape index (κ1) is 17.0. The number of para-hydroxylation sites is 2. The van der Waals surface area contributed by atoms with Gasteiger partial charge in [0.1, 0.15) is 11.5 Å². The summed E-state index contributed by atoms with van der Waals surface area (Å²) >= 11 is 0. The lowest BCUT2D eigenvalue weighted by Crippen LogP contribution is -2.35. The summed E-state index contributed by atoms with van der Waals surface area (Å²) < 4.78 is 5.95. The minimum atomic E-state index is 0.0517. The van der Waals surface area contributed by atoms with E-state index in [9.17, 15) is 4.79 Å². The van der Waals surface area contributed by atoms with Gasteiger partial charge >= 0.3 is 0 Å². The number of carbonyl (C=O) groups is 1. The zero-order valence-corrected chi connectivity index (χ0v) is 13.8. The van der Waals surface area contributed by atoms with Crippen LogP contribution < -0.4 is 10.1 Å². The Balaban J connectivity index is 1.98. The van der Waals surface area contributed by atoms with E-state index in [1.807, 2.05) is 73.5 Å². The lowest BCUT2D eigenvalue weighted by Gasteiger charge is -2.18. The summed E-state index contributed by atoms with van der Waals surface area (Å²) in [4.78, 5) is 13.8. The quantitative estimate of drug-likeness (QED) is 0.812. The third-order valence-corrected chi connectivity index (χ3v) is 3.37. The molecule has 0 fully saturated rings. The van der Waals surface area contributed by atoms with Gasteiger partial charge < -0.3 is 10.1 Å². The molecule has 0 aliphatic rings. The fourth-order valence-electron chi connectivity index (χ4n) is 2.26. The zero-order valence-electron chi connectivity index (χ0n) is 13.8. The Morgan fingerprint density at radius 2 is 1.78 bits per heavy atom. The van der Waals surface area contributed by atoms with Crippen molar-refractivity contribution < 1.29 is 9.53 Å².